The molecule has 28 heavy (non-hydrogen) atoms. The van der Waals surface area contributed by atoms with Crippen LogP contribution >= 0.6 is 24.0 Å². The van der Waals surface area contributed by atoms with E-state index in [0.717, 1.165) is 30.8 Å². The van der Waals surface area contributed by atoms with Crippen LogP contribution < -0.4 is 15.4 Å². The van der Waals surface area contributed by atoms with Gasteiger partial charge in [-0.1, -0.05) is 18.2 Å². The lowest BCUT2D eigenvalue weighted by Gasteiger charge is -2.14. The van der Waals surface area contributed by atoms with Gasteiger partial charge in [0.05, 0.1) is 18.8 Å². The fourth-order valence-electron chi connectivity index (χ4n) is 2.54. The van der Waals surface area contributed by atoms with Crippen molar-refractivity contribution >= 4 is 29.9 Å². The number of rotatable bonds is 9. The van der Waals surface area contributed by atoms with Gasteiger partial charge in [-0.25, -0.2) is 0 Å². The molecule has 0 radical (unpaired) electrons. The highest BCUT2D eigenvalue weighted by Gasteiger charge is 2.08. The number of nitrogens with one attached hydrogen (secondary N) is 2. The van der Waals surface area contributed by atoms with Gasteiger partial charge in [-0.3, -0.25) is 9.98 Å². The maximum Gasteiger partial charge on any atom is 0.191 e. The molecule has 6 nitrogen and oxygen atoms in total. The predicted octanol–water partition coefficient (Wildman–Crippen LogP) is 3.32. The predicted molar refractivity (Wildman–Crippen MR) is 125 cm³/mol. The number of ether oxygens (including phenoxy) is 1. The molecule has 7 heteroatoms. The summed E-state index contributed by atoms with van der Waals surface area (Å²) in [5.41, 5.74) is 1.99. The normalized spacial score (nSPS) is 12.2. The number of halogens is 1. The molecule has 0 bridgehead atoms. The summed E-state index contributed by atoms with van der Waals surface area (Å²) in [5.74, 6) is 1.50. The summed E-state index contributed by atoms with van der Waals surface area (Å²) in [4.78, 5) is 8.61. The Labute approximate surface area is 184 Å². The van der Waals surface area contributed by atoms with Crippen molar-refractivity contribution in [3.63, 3.8) is 0 Å². The maximum atomic E-state index is 10.4. The molecule has 0 spiro atoms. The van der Waals surface area contributed by atoms with Gasteiger partial charge in [-0.2, -0.15) is 0 Å². The fourth-order valence-corrected chi connectivity index (χ4v) is 2.54. The van der Waals surface area contributed by atoms with Gasteiger partial charge in [-0.05, 0) is 56.5 Å². The fraction of sp³-hybridized carbons (Fsp3) is 0.429. The lowest BCUT2D eigenvalue weighted by molar-refractivity contribution is 0.186. The minimum Gasteiger partial charge on any atom is -0.491 e. The molecule has 1 aromatic carbocycles. The summed E-state index contributed by atoms with van der Waals surface area (Å²) in [5, 5.41) is 16.9. The van der Waals surface area contributed by atoms with Crippen molar-refractivity contribution in [3.8, 4) is 5.75 Å². The number of aliphatic hydroxyl groups excluding tert-OH is 1. The number of aromatic nitrogens is 1. The molecule has 0 saturated heterocycles. The van der Waals surface area contributed by atoms with Crippen LogP contribution in [0.4, 0.5) is 0 Å². The first-order valence-corrected chi connectivity index (χ1v) is 9.44. The van der Waals surface area contributed by atoms with E-state index in [1.807, 2.05) is 57.3 Å². The van der Waals surface area contributed by atoms with Crippen molar-refractivity contribution in [2.75, 3.05) is 19.6 Å². The number of guanidine groups is 1. The Morgan fingerprint density at radius 1 is 1.18 bits per heavy atom. The molecule has 0 aliphatic heterocycles. The monoisotopic (exact) mass is 498 g/mol. The molecule has 0 amide bonds. The van der Waals surface area contributed by atoms with Gasteiger partial charge in [0.25, 0.3) is 0 Å². The van der Waals surface area contributed by atoms with Gasteiger partial charge in [-0.15, -0.1) is 24.0 Å². The topological polar surface area (TPSA) is 78.8 Å². The second-order valence-corrected chi connectivity index (χ2v) is 6.51. The number of aliphatic imine (C=N–C) groups is 1. The van der Waals surface area contributed by atoms with Gasteiger partial charge in [0.2, 0.25) is 0 Å². The van der Waals surface area contributed by atoms with Crippen LogP contribution in [-0.2, 0) is 6.42 Å². The second kappa shape index (κ2) is 13.3. The van der Waals surface area contributed by atoms with E-state index in [-0.39, 0.29) is 36.6 Å². The highest BCUT2D eigenvalue weighted by molar-refractivity contribution is 14.0. The van der Waals surface area contributed by atoms with Crippen molar-refractivity contribution in [1.29, 1.82) is 0 Å². The van der Waals surface area contributed by atoms with Crippen molar-refractivity contribution < 1.29 is 9.84 Å². The number of aliphatic hydroxyl groups is 1. The summed E-state index contributed by atoms with van der Waals surface area (Å²) in [7, 11) is 0. The van der Waals surface area contributed by atoms with E-state index in [0.29, 0.717) is 5.96 Å². The number of benzene rings is 1. The summed E-state index contributed by atoms with van der Waals surface area (Å²) >= 11 is 0. The van der Waals surface area contributed by atoms with Crippen LogP contribution in [-0.4, -0.2) is 41.8 Å². The Hall–Kier alpha value is -1.87. The summed E-state index contributed by atoms with van der Waals surface area (Å²) in [6.45, 7) is 7.78. The molecule has 1 heterocycles. The highest BCUT2D eigenvalue weighted by Crippen LogP contribution is 2.19. The molecule has 2 rings (SSSR count). The van der Waals surface area contributed by atoms with Crippen molar-refractivity contribution in [3.05, 3.63) is 59.9 Å². The standard InChI is InChI=1S/C21H30N4O2.HI/c1-4-23-21(24-13-11-17-6-5-12-22-14-17)25-15-20(26)18-7-9-19(10-8-18)27-16(2)3;/h5-10,12,14,16,20,26H,4,11,13,15H2,1-3H3,(H2,23,24,25);1H. The lowest BCUT2D eigenvalue weighted by Crippen LogP contribution is -2.38. The summed E-state index contributed by atoms with van der Waals surface area (Å²) < 4.78 is 5.63. The van der Waals surface area contributed by atoms with E-state index in [2.05, 4.69) is 26.7 Å². The van der Waals surface area contributed by atoms with Crippen LogP contribution in [0.1, 0.15) is 38.0 Å². The summed E-state index contributed by atoms with van der Waals surface area (Å²) in [6.07, 6.45) is 3.96. The van der Waals surface area contributed by atoms with E-state index in [1.165, 1.54) is 5.56 Å². The number of nitrogens with zero attached hydrogens (tertiary/aromatic N) is 2. The molecule has 0 fully saturated rings. The molecule has 2 aromatic rings. The molecule has 0 aliphatic carbocycles. The lowest BCUT2D eigenvalue weighted by atomic mass is 10.1. The van der Waals surface area contributed by atoms with Gasteiger partial charge >= 0.3 is 0 Å². The van der Waals surface area contributed by atoms with Crippen LogP contribution in [0.5, 0.6) is 5.75 Å². The first kappa shape index (κ1) is 24.2. The molecule has 1 atom stereocenters. The third-order valence-corrected chi connectivity index (χ3v) is 3.83. The Morgan fingerprint density at radius 2 is 1.93 bits per heavy atom. The Morgan fingerprint density at radius 3 is 2.54 bits per heavy atom. The number of hydrogen-bond donors (Lipinski definition) is 3. The number of hydrogen-bond acceptors (Lipinski definition) is 4. The van der Waals surface area contributed by atoms with Gasteiger partial charge in [0.15, 0.2) is 5.96 Å². The Balaban J connectivity index is 0.00000392. The van der Waals surface area contributed by atoms with E-state index < -0.39 is 6.10 Å². The second-order valence-electron chi connectivity index (χ2n) is 6.51. The van der Waals surface area contributed by atoms with E-state index in [1.54, 1.807) is 6.20 Å². The van der Waals surface area contributed by atoms with E-state index in [4.69, 9.17) is 4.74 Å². The number of pyridine rings is 1. The quantitative estimate of drug-likeness (QED) is 0.281. The Kier molecular flexibility index (Phi) is 11.5. The van der Waals surface area contributed by atoms with Crippen LogP contribution in [0.3, 0.4) is 0 Å². The van der Waals surface area contributed by atoms with Gasteiger partial charge in [0, 0.05) is 25.5 Å². The first-order chi connectivity index (χ1) is 13.1. The first-order valence-electron chi connectivity index (χ1n) is 9.44. The van der Waals surface area contributed by atoms with Gasteiger partial charge < -0.3 is 20.5 Å². The van der Waals surface area contributed by atoms with E-state index in [9.17, 15) is 5.11 Å². The minimum atomic E-state index is -0.660. The SMILES string of the molecule is CCNC(=NCC(O)c1ccc(OC(C)C)cc1)NCCc1cccnc1.I. The van der Waals surface area contributed by atoms with Crippen LogP contribution in [0.2, 0.25) is 0 Å². The maximum absolute atomic E-state index is 10.4. The average molecular weight is 498 g/mol. The molecule has 1 aromatic heterocycles. The van der Waals surface area contributed by atoms with Crippen molar-refractivity contribution in [1.82, 2.24) is 15.6 Å². The third-order valence-electron chi connectivity index (χ3n) is 3.83. The highest BCUT2D eigenvalue weighted by atomic mass is 127. The minimum absolute atomic E-state index is 0. The van der Waals surface area contributed by atoms with Crippen LogP contribution in [0.25, 0.3) is 0 Å². The van der Waals surface area contributed by atoms with Crippen molar-refractivity contribution in [2.24, 2.45) is 4.99 Å². The Bertz CT molecular complexity index is 693. The molecule has 3 N–H and O–H groups in total. The molecule has 154 valence electrons. The zero-order chi connectivity index (χ0) is 19.5. The smallest absolute Gasteiger partial charge is 0.191 e. The zero-order valence-corrected chi connectivity index (χ0v) is 19.1. The molecule has 0 aliphatic rings. The summed E-state index contributed by atoms with van der Waals surface area (Å²) in [6, 6.07) is 11.5. The average Bonchev–Trinajstić information content (AvgIpc) is 2.67. The third kappa shape index (κ3) is 8.88. The van der Waals surface area contributed by atoms with Crippen LogP contribution in [0.15, 0.2) is 53.8 Å². The molecule has 1 unspecified atom stereocenters. The van der Waals surface area contributed by atoms with E-state index >= 15 is 0 Å². The molecular formula is C21H31IN4O2. The van der Waals surface area contributed by atoms with Crippen molar-refractivity contribution in [2.45, 2.75) is 39.4 Å². The zero-order valence-electron chi connectivity index (χ0n) is 16.8. The molecule has 0 saturated carbocycles. The van der Waals surface area contributed by atoms with Gasteiger partial charge in [0.1, 0.15) is 5.75 Å². The molecular weight excluding hydrogens is 467 g/mol. The van der Waals surface area contributed by atoms with Crippen LogP contribution in [0, 0.1) is 0 Å². The largest absolute Gasteiger partial charge is 0.491 e.